The van der Waals surface area contributed by atoms with Gasteiger partial charge in [-0.1, -0.05) is 29.8 Å². The standard InChI is InChI=1S/C15H18ClN3/c1-10-7-11(2)15(18-9-10)14(19-17)8-12-3-5-13(16)6-4-12/h3-7,9,14,19H,8,17H2,1-2H3. The van der Waals surface area contributed by atoms with Crippen LogP contribution in [0.1, 0.15) is 28.4 Å². The van der Waals surface area contributed by atoms with E-state index in [1.807, 2.05) is 37.4 Å². The third-order valence-electron chi connectivity index (χ3n) is 3.14. The average molecular weight is 276 g/mol. The predicted molar refractivity (Wildman–Crippen MR) is 78.9 cm³/mol. The van der Waals surface area contributed by atoms with E-state index in [9.17, 15) is 0 Å². The summed E-state index contributed by atoms with van der Waals surface area (Å²) in [5.74, 6) is 5.67. The molecule has 3 N–H and O–H groups in total. The number of hydrogen-bond donors (Lipinski definition) is 2. The van der Waals surface area contributed by atoms with Gasteiger partial charge < -0.3 is 0 Å². The van der Waals surface area contributed by atoms with Crippen molar-refractivity contribution in [2.45, 2.75) is 26.3 Å². The molecule has 0 amide bonds. The lowest BCUT2D eigenvalue weighted by Gasteiger charge is -2.18. The second-order valence-electron chi connectivity index (χ2n) is 4.76. The molecule has 19 heavy (non-hydrogen) atoms. The molecule has 2 rings (SSSR count). The average Bonchev–Trinajstić information content (AvgIpc) is 2.39. The van der Waals surface area contributed by atoms with Gasteiger partial charge in [-0.25, -0.2) is 0 Å². The highest BCUT2D eigenvalue weighted by Crippen LogP contribution is 2.20. The molecule has 2 aromatic rings. The fourth-order valence-electron chi connectivity index (χ4n) is 2.18. The first-order valence-electron chi connectivity index (χ1n) is 6.24. The molecule has 0 aliphatic heterocycles. The van der Waals surface area contributed by atoms with Crippen LogP contribution in [-0.2, 0) is 6.42 Å². The van der Waals surface area contributed by atoms with Gasteiger partial charge in [-0.15, -0.1) is 0 Å². The molecule has 0 saturated heterocycles. The third kappa shape index (κ3) is 3.53. The molecule has 1 aromatic carbocycles. The highest BCUT2D eigenvalue weighted by Gasteiger charge is 2.14. The van der Waals surface area contributed by atoms with E-state index in [1.54, 1.807) is 0 Å². The fourth-order valence-corrected chi connectivity index (χ4v) is 2.31. The number of benzene rings is 1. The van der Waals surface area contributed by atoms with Crippen LogP contribution in [0.3, 0.4) is 0 Å². The predicted octanol–water partition coefficient (Wildman–Crippen LogP) is 3.10. The minimum absolute atomic E-state index is 0.00164. The lowest BCUT2D eigenvalue weighted by Crippen LogP contribution is -2.30. The third-order valence-corrected chi connectivity index (χ3v) is 3.39. The van der Waals surface area contributed by atoms with Crippen LogP contribution in [0, 0.1) is 13.8 Å². The molecule has 0 aliphatic rings. The van der Waals surface area contributed by atoms with Crippen molar-refractivity contribution >= 4 is 11.6 Å². The molecule has 0 aliphatic carbocycles. The number of rotatable bonds is 4. The van der Waals surface area contributed by atoms with Crippen LogP contribution < -0.4 is 11.3 Å². The van der Waals surface area contributed by atoms with E-state index in [0.717, 1.165) is 28.3 Å². The highest BCUT2D eigenvalue weighted by atomic mass is 35.5. The number of hydrogen-bond acceptors (Lipinski definition) is 3. The largest absolute Gasteiger partial charge is 0.271 e. The van der Waals surface area contributed by atoms with Gasteiger partial charge in [-0.2, -0.15) is 0 Å². The number of aryl methyl sites for hydroxylation is 2. The van der Waals surface area contributed by atoms with Crippen LogP contribution in [0.4, 0.5) is 0 Å². The minimum atomic E-state index is 0.00164. The summed E-state index contributed by atoms with van der Waals surface area (Å²) in [6, 6.07) is 9.92. The van der Waals surface area contributed by atoms with E-state index in [1.165, 1.54) is 5.56 Å². The molecule has 4 heteroatoms. The van der Waals surface area contributed by atoms with Crippen LogP contribution in [0.25, 0.3) is 0 Å². The van der Waals surface area contributed by atoms with Gasteiger partial charge in [0.1, 0.15) is 0 Å². The molecule has 3 nitrogen and oxygen atoms in total. The van der Waals surface area contributed by atoms with E-state index < -0.39 is 0 Å². The number of pyridine rings is 1. The van der Waals surface area contributed by atoms with Crippen molar-refractivity contribution < 1.29 is 0 Å². The summed E-state index contributed by atoms with van der Waals surface area (Å²) in [5.41, 5.74) is 7.32. The van der Waals surface area contributed by atoms with Crippen molar-refractivity contribution in [1.82, 2.24) is 10.4 Å². The van der Waals surface area contributed by atoms with E-state index >= 15 is 0 Å². The fraction of sp³-hybridized carbons (Fsp3) is 0.267. The summed E-state index contributed by atoms with van der Waals surface area (Å²) in [6.45, 7) is 4.09. The smallest absolute Gasteiger partial charge is 0.0675 e. The van der Waals surface area contributed by atoms with Crippen LogP contribution >= 0.6 is 11.6 Å². The SMILES string of the molecule is Cc1cnc(C(Cc2ccc(Cl)cc2)NN)c(C)c1. The number of hydrazine groups is 1. The summed E-state index contributed by atoms with van der Waals surface area (Å²) in [6.07, 6.45) is 2.65. The second kappa shape index (κ2) is 6.15. The van der Waals surface area contributed by atoms with Crippen molar-refractivity contribution in [3.63, 3.8) is 0 Å². The number of nitrogens with zero attached hydrogens (tertiary/aromatic N) is 1. The van der Waals surface area contributed by atoms with E-state index in [4.69, 9.17) is 17.4 Å². The Morgan fingerprint density at radius 2 is 1.95 bits per heavy atom. The van der Waals surface area contributed by atoms with Gasteiger partial charge in [-0.05, 0) is 49.1 Å². The van der Waals surface area contributed by atoms with Gasteiger partial charge in [0.15, 0.2) is 0 Å². The topological polar surface area (TPSA) is 50.9 Å². The zero-order chi connectivity index (χ0) is 13.8. The first kappa shape index (κ1) is 14.0. The van der Waals surface area contributed by atoms with Gasteiger partial charge in [0.25, 0.3) is 0 Å². The molecule has 0 fully saturated rings. The van der Waals surface area contributed by atoms with E-state index in [-0.39, 0.29) is 6.04 Å². The monoisotopic (exact) mass is 275 g/mol. The summed E-state index contributed by atoms with van der Waals surface area (Å²) in [4.78, 5) is 4.49. The Bertz CT molecular complexity index is 552. The first-order chi connectivity index (χ1) is 9.10. The van der Waals surface area contributed by atoms with Crippen LogP contribution in [0.5, 0.6) is 0 Å². The zero-order valence-corrected chi connectivity index (χ0v) is 11.9. The quantitative estimate of drug-likeness (QED) is 0.666. The van der Waals surface area contributed by atoms with Crippen molar-refractivity contribution in [2.75, 3.05) is 0 Å². The molecular weight excluding hydrogens is 258 g/mol. The Balaban J connectivity index is 2.22. The zero-order valence-electron chi connectivity index (χ0n) is 11.2. The van der Waals surface area contributed by atoms with Gasteiger partial charge in [0.2, 0.25) is 0 Å². The molecule has 100 valence electrons. The lowest BCUT2D eigenvalue weighted by atomic mass is 10.00. The summed E-state index contributed by atoms with van der Waals surface area (Å²) < 4.78 is 0. The number of nitrogens with one attached hydrogen (secondary N) is 1. The normalized spacial score (nSPS) is 12.4. The van der Waals surface area contributed by atoms with Crippen LogP contribution in [-0.4, -0.2) is 4.98 Å². The van der Waals surface area contributed by atoms with Gasteiger partial charge >= 0.3 is 0 Å². The summed E-state index contributed by atoms with van der Waals surface area (Å²) in [7, 11) is 0. The van der Waals surface area contributed by atoms with Crippen molar-refractivity contribution in [3.05, 3.63) is 63.9 Å². The molecule has 1 heterocycles. The Morgan fingerprint density at radius 3 is 2.53 bits per heavy atom. The van der Waals surface area contributed by atoms with Gasteiger partial charge in [0.05, 0.1) is 11.7 Å². The van der Waals surface area contributed by atoms with Crippen LogP contribution in [0.15, 0.2) is 36.5 Å². The Hall–Kier alpha value is -1.42. The van der Waals surface area contributed by atoms with Gasteiger partial charge in [0, 0.05) is 11.2 Å². The minimum Gasteiger partial charge on any atom is -0.271 e. The van der Waals surface area contributed by atoms with Crippen molar-refractivity contribution in [3.8, 4) is 0 Å². The Labute approximate surface area is 118 Å². The lowest BCUT2D eigenvalue weighted by molar-refractivity contribution is 0.535. The van der Waals surface area contributed by atoms with Gasteiger partial charge in [-0.3, -0.25) is 16.3 Å². The summed E-state index contributed by atoms with van der Waals surface area (Å²) in [5, 5.41) is 0.741. The number of aromatic nitrogens is 1. The van der Waals surface area contributed by atoms with Crippen molar-refractivity contribution in [2.24, 2.45) is 5.84 Å². The maximum Gasteiger partial charge on any atom is 0.0675 e. The molecule has 0 radical (unpaired) electrons. The molecule has 0 bridgehead atoms. The highest BCUT2D eigenvalue weighted by molar-refractivity contribution is 6.30. The maximum absolute atomic E-state index is 5.89. The summed E-state index contributed by atoms with van der Waals surface area (Å²) >= 11 is 5.89. The number of halogens is 1. The number of nitrogens with two attached hydrogens (primary N) is 1. The molecule has 1 unspecified atom stereocenters. The molecule has 0 saturated carbocycles. The Morgan fingerprint density at radius 1 is 1.26 bits per heavy atom. The molecular formula is C15H18ClN3. The molecule has 1 atom stereocenters. The first-order valence-corrected chi connectivity index (χ1v) is 6.61. The van der Waals surface area contributed by atoms with Crippen molar-refractivity contribution in [1.29, 1.82) is 0 Å². The second-order valence-corrected chi connectivity index (χ2v) is 5.20. The Kier molecular flexibility index (Phi) is 4.53. The van der Waals surface area contributed by atoms with E-state index in [2.05, 4.69) is 23.4 Å². The van der Waals surface area contributed by atoms with E-state index in [0.29, 0.717) is 0 Å². The maximum atomic E-state index is 5.89. The molecule has 0 spiro atoms. The molecule has 1 aromatic heterocycles. The van der Waals surface area contributed by atoms with Crippen LogP contribution in [0.2, 0.25) is 5.02 Å².